The smallest absolute Gasteiger partial charge is 0.0130 e. The van der Waals surface area contributed by atoms with Gasteiger partial charge in [-0.1, -0.05) is 39.2 Å². The van der Waals surface area contributed by atoms with Crippen LogP contribution in [0.1, 0.15) is 52.4 Å². The van der Waals surface area contributed by atoms with Crippen LogP contribution < -0.4 is 5.32 Å². The Balaban J connectivity index is 2.37. The number of nitrogens with one attached hydrogen (secondary N) is 1. The van der Waals surface area contributed by atoms with Crippen LogP contribution in [0.4, 0.5) is 0 Å². The molecule has 88 valence electrons. The van der Waals surface area contributed by atoms with Gasteiger partial charge in [0.25, 0.3) is 0 Å². The minimum Gasteiger partial charge on any atom is -0.314 e. The zero-order valence-corrected chi connectivity index (χ0v) is 10.5. The summed E-state index contributed by atoms with van der Waals surface area (Å²) in [6.45, 7) is 9.49. The van der Waals surface area contributed by atoms with Crippen molar-refractivity contribution in [1.82, 2.24) is 5.32 Å². The summed E-state index contributed by atoms with van der Waals surface area (Å²) in [5, 5.41) is 3.61. The van der Waals surface area contributed by atoms with Gasteiger partial charge in [-0.25, -0.2) is 0 Å². The van der Waals surface area contributed by atoms with Gasteiger partial charge in [0.15, 0.2) is 0 Å². The molecule has 1 aliphatic rings. The summed E-state index contributed by atoms with van der Waals surface area (Å²) in [5.74, 6) is 1.90. The fraction of sp³-hybridized carbons (Fsp3) is 0.857. The lowest BCUT2D eigenvalue weighted by Gasteiger charge is -2.33. The quantitative estimate of drug-likeness (QED) is 0.657. The van der Waals surface area contributed by atoms with E-state index in [0.29, 0.717) is 6.04 Å². The van der Waals surface area contributed by atoms with Crippen LogP contribution in [-0.4, -0.2) is 12.6 Å². The maximum Gasteiger partial charge on any atom is 0.0130 e. The Morgan fingerprint density at radius 2 is 1.93 bits per heavy atom. The van der Waals surface area contributed by atoms with Crippen molar-refractivity contribution >= 4 is 0 Å². The molecule has 0 bridgehead atoms. The van der Waals surface area contributed by atoms with Crippen molar-refractivity contribution in [3.63, 3.8) is 0 Å². The molecule has 0 aliphatic heterocycles. The van der Waals surface area contributed by atoms with Crippen LogP contribution in [0.15, 0.2) is 12.7 Å². The van der Waals surface area contributed by atoms with E-state index in [0.717, 1.165) is 24.8 Å². The van der Waals surface area contributed by atoms with Gasteiger partial charge in [-0.2, -0.15) is 0 Å². The molecule has 1 rings (SSSR count). The molecule has 0 spiro atoms. The fourth-order valence-electron chi connectivity index (χ4n) is 2.88. The highest BCUT2D eigenvalue weighted by atomic mass is 14.9. The van der Waals surface area contributed by atoms with Crippen molar-refractivity contribution in [2.24, 2.45) is 11.8 Å². The van der Waals surface area contributed by atoms with E-state index in [2.05, 4.69) is 31.8 Å². The van der Waals surface area contributed by atoms with Crippen LogP contribution >= 0.6 is 0 Å². The molecule has 1 atom stereocenters. The van der Waals surface area contributed by atoms with Gasteiger partial charge in [0.2, 0.25) is 0 Å². The molecule has 1 unspecified atom stereocenters. The molecule has 0 saturated heterocycles. The molecule has 1 aliphatic carbocycles. The predicted molar refractivity (Wildman–Crippen MR) is 68.0 cm³/mol. The van der Waals surface area contributed by atoms with Crippen LogP contribution in [0.2, 0.25) is 0 Å². The van der Waals surface area contributed by atoms with Gasteiger partial charge < -0.3 is 5.32 Å². The van der Waals surface area contributed by atoms with Crippen LogP contribution in [0, 0.1) is 11.8 Å². The maximum atomic E-state index is 3.87. The standard InChI is InChI=1S/C14H27N/c1-4-7-14(15-6-3)13-10-8-12(5-2)9-11-13/h4,12-15H,1,5-11H2,2-3H3. The predicted octanol–water partition coefficient (Wildman–Crippen LogP) is 3.76. The highest BCUT2D eigenvalue weighted by molar-refractivity contribution is 4.86. The van der Waals surface area contributed by atoms with Gasteiger partial charge in [0, 0.05) is 6.04 Å². The first-order valence-corrected chi connectivity index (χ1v) is 6.66. The van der Waals surface area contributed by atoms with Gasteiger partial charge in [-0.05, 0) is 37.6 Å². The SMILES string of the molecule is C=CCC(NCC)C1CCC(CC)CC1. The van der Waals surface area contributed by atoms with E-state index in [-0.39, 0.29) is 0 Å². The third-order valence-electron chi connectivity index (χ3n) is 3.92. The van der Waals surface area contributed by atoms with Crippen molar-refractivity contribution in [3.8, 4) is 0 Å². The van der Waals surface area contributed by atoms with Gasteiger partial charge in [-0.3, -0.25) is 0 Å². The van der Waals surface area contributed by atoms with Gasteiger partial charge in [0.1, 0.15) is 0 Å². The lowest BCUT2D eigenvalue weighted by Crippen LogP contribution is -2.37. The Bertz CT molecular complexity index is 168. The molecule has 15 heavy (non-hydrogen) atoms. The molecular weight excluding hydrogens is 182 g/mol. The lowest BCUT2D eigenvalue weighted by atomic mass is 9.77. The van der Waals surface area contributed by atoms with Crippen LogP contribution in [0.3, 0.4) is 0 Å². The van der Waals surface area contributed by atoms with E-state index in [9.17, 15) is 0 Å². The highest BCUT2D eigenvalue weighted by Gasteiger charge is 2.25. The first kappa shape index (κ1) is 12.8. The topological polar surface area (TPSA) is 12.0 Å². The van der Waals surface area contributed by atoms with Gasteiger partial charge in [0.05, 0.1) is 0 Å². The van der Waals surface area contributed by atoms with E-state index >= 15 is 0 Å². The fourth-order valence-corrected chi connectivity index (χ4v) is 2.88. The number of hydrogen-bond acceptors (Lipinski definition) is 1. The van der Waals surface area contributed by atoms with E-state index in [1.54, 1.807) is 0 Å². The zero-order valence-electron chi connectivity index (χ0n) is 10.5. The second kappa shape index (κ2) is 7.05. The Kier molecular flexibility index (Phi) is 6.00. The third-order valence-corrected chi connectivity index (χ3v) is 3.92. The van der Waals surface area contributed by atoms with Crippen LogP contribution in [-0.2, 0) is 0 Å². The lowest BCUT2D eigenvalue weighted by molar-refractivity contribution is 0.219. The molecule has 0 radical (unpaired) electrons. The Labute approximate surface area is 95.3 Å². The summed E-state index contributed by atoms with van der Waals surface area (Å²) in [7, 11) is 0. The summed E-state index contributed by atoms with van der Waals surface area (Å²) < 4.78 is 0. The molecule has 1 saturated carbocycles. The molecule has 0 amide bonds. The average Bonchev–Trinajstić information content (AvgIpc) is 2.29. The van der Waals surface area contributed by atoms with Crippen molar-refractivity contribution in [2.75, 3.05) is 6.54 Å². The van der Waals surface area contributed by atoms with Gasteiger partial charge >= 0.3 is 0 Å². The van der Waals surface area contributed by atoms with E-state index in [4.69, 9.17) is 0 Å². The summed E-state index contributed by atoms with van der Waals surface area (Å²) in [4.78, 5) is 0. The summed E-state index contributed by atoms with van der Waals surface area (Å²) in [6.07, 6.45) is 10.3. The summed E-state index contributed by atoms with van der Waals surface area (Å²) in [6, 6.07) is 0.685. The van der Waals surface area contributed by atoms with Crippen LogP contribution in [0.5, 0.6) is 0 Å². The molecule has 1 heteroatoms. The van der Waals surface area contributed by atoms with Crippen molar-refractivity contribution in [1.29, 1.82) is 0 Å². The van der Waals surface area contributed by atoms with Gasteiger partial charge in [-0.15, -0.1) is 6.58 Å². The zero-order chi connectivity index (χ0) is 11.1. The summed E-state index contributed by atoms with van der Waals surface area (Å²) in [5.41, 5.74) is 0. The first-order valence-electron chi connectivity index (χ1n) is 6.66. The number of rotatable bonds is 6. The molecular formula is C14H27N. The van der Waals surface area contributed by atoms with E-state index < -0.39 is 0 Å². The minimum absolute atomic E-state index is 0.685. The first-order chi connectivity index (χ1) is 7.31. The molecule has 0 aromatic heterocycles. The third kappa shape index (κ3) is 3.98. The highest BCUT2D eigenvalue weighted by Crippen LogP contribution is 2.33. The second-order valence-electron chi connectivity index (χ2n) is 4.88. The molecule has 1 nitrogen and oxygen atoms in total. The van der Waals surface area contributed by atoms with Crippen molar-refractivity contribution in [2.45, 2.75) is 58.4 Å². The second-order valence-corrected chi connectivity index (χ2v) is 4.88. The van der Waals surface area contributed by atoms with Crippen LogP contribution in [0.25, 0.3) is 0 Å². The molecule has 0 heterocycles. The van der Waals surface area contributed by atoms with Crippen molar-refractivity contribution in [3.05, 3.63) is 12.7 Å². The molecule has 1 N–H and O–H groups in total. The monoisotopic (exact) mass is 209 g/mol. The molecule has 0 aromatic rings. The summed E-state index contributed by atoms with van der Waals surface area (Å²) >= 11 is 0. The average molecular weight is 209 g/mol. The van der Waals surface area contributed by atoms with Crippen molar-refractivity contribution < 1.29 is 0 Å². The Morgan fingerprint density at radius 1 is 1.27 bits per heavy atom. The Morgan fingerprint density at radius 3 is 2.40 bits per heavy atom. The number of hydrogen-bond donors (Lipinski definition) is 1. The van der Waals surface area contributed by atoms with E-state index in [1.807, 2.05) is 0 Å². The van der Waals surface area contributed by atoms with E-state index in [1.165, 1.54) is 32.1 Å². The molecule has 1 fully saturated rings. The minimum atomic E-state index is 0.685. The maximum absolute atomic E-state index is 3.87. The normalized spacial score (nSPS) is 28.7. The Hall–Kier alpha value is -0.300. The largest absolute Gasteiger partial charge is 0.314 e. The molecule has 0 aromatic carbocycles.